The number of methoxy groups -OCH3 is 1. The van der Waals surface area contributed by atoms with Gasteiger partial charge in [-0.15, -0.1) is 10.2 Å². The molecule has 27 heavy (non-hydrogen) atoms. The third kappa shape index (κ3) is 3.69. The van der Waals surface area contributed by atoms with Crippen molar-refractivity contribution in [2.75, 3.05) is 20.2 Å². The second-order valence-corrected chi connectivity index (χ2v) is 7.95. The maximum absolute atomic E-state index is 12.4. The molecule has 0 saturated carbocycles. The van der Waals surface area contributed by atoms with E-state index in [0.717, 1.165) is 44.2 Å². The molecule has 1 fully saturated rings. The smallest absolute Gasteiger partial charge is 0.289 e. The van der Waals surface area contributed by atoms with E-state index in [2.05, 4.69) is 32.5 Å². The molecule has 1 saturated heterocycles. The zero-order valence-electron chi connectivity index (χ0n) is 16.2. The van der Waals surface area contributed by atoms with Gasteiger partial charge in [-0.3, -0.25) is 9.69 Å². The number of hydrogen-bond acceptors (Lipinski definition) is 5. The van der Waals surface area contributed by atoms with E-state index >= 15 is 0 Å². The highest BCUT2D eigenvalue weighted by Crippen LogP contribution is 2.33. The quantitative estimate of drug-likeness (QED) is 0.869. The van der Waals surface area contributed by atoms with Crippen LogP contribution in [0.5, 0.6) is 5.75 Å². The predicted molar refractivity (Wildman–Crippen MR) is 102 cm³/mol. The lowest BCUT2D eigenvalue weighted by molar-refractivity contribution is 0.0924. The third-order valence-corrected chi connectivity index (χ3v) is 5.50. The highest BCUT2D eigenvalue weighted by atomic mass is 16.5. The van der Waals surface area contributed by atoms with E-state index in [-0.39, 0.29) is 11.9 Å². The summed E-state index contributed by atoms with van der Waals surface area (Å²) in [6.07, 6.45) is 0.890. The molecule has 0 spiro atoms. The van der Waals surface area contributed by atoms with Gasteiger partial charge in [0.25, 0.3) is 5.91 Å². The Balaban J connectivity index is 1.44. The Morgan fingerprint density at radius 1 is 1.26 bits per heavy atom. The third-order valence-electron chi connectivity index (χ3n) is 5.50. The second-order valence-electron chi connectivity index (χ2n) is 7.95. The monoisotopic (exact) mass is 369 g/mol. The first-order valence-electron chi connectivity index (χ1n) is 9.61. The van der Waals surface area contributed by atoms with Crippen molar-refractivity contribution in [1.29, 1.82) is 0 Å². The molecule has 2 unspecified atom stereocenters. The van der Waals surface area contributed by atoms with Crippen molar-refractivity contribution >= 4 is 5.91 Å². The van der Waals surface area contributed by atoms with Crippen LogP contribution in [0, 0.1) is 11.8 Å². The molecule has 1 aromatic carbocycles. The van der Waals surface area contributed by atoms with Crippen LogP contribution < -0.4 is 10.1 Å². The van der Waals surface area contributed by atoms with Crippen molar-refractivity contribution in [3.05, 3.63) is 41.5 Å². The van der Waals surface area contributed by atoms with Crippen LogP contribution in [0.25, 0.3) is 0 Å². The van der Waals surface area contributed by atoms with E-state index in [1.807, 2.05) is 30.5 Å². The number of carbonyl (C=O) groups excluding carboxylic acids is 1. The number of aromatic nitrogens is 3. The summed E-state index contributed by atoms with van der Waals surface area (Å²) in [4.78, 5) is 14.9. The molecule has 2 aliphatic rings. The molecule has 0 aliphatic carbocycles. The minimum absolute atomic E-state index is 0.0895. The molecule has 144 valence electrons. The number of amides is 1. The van der Waals surface area contributed by atoms with E-state index < -0.39 is 0 Å². The van der Waals surface area contributed by atoms with Gasteiger partial charge < -0.3 is 14.6 Å². The summed E-state index contributed by atoms with van der Waals surface area (Å²) >= 11 is 0. The van der Waals surface area contributed by atoms with E-state index in [9.17, 15) is 4.79 Å². The average Bonchev–Trinajstić information content (AvgIpc) is 3.21. The normalized spacial score (nSPS) is 21.8. The van der Waals surface area contributed by atoms with E-state index in [1.165, 1.54) is 5.56 Å². The molecular formula is C20H27N5O2. The summed E-state index contributed by atoms with van der Waals surface area (Å²) < 4.78 is 7.36. The molecule has 1 N–H and O–H groups in total. The lowest BCUT2D eigenvalue weighted by Crippen LogP contribution is -2.35. The Bertz CT molecular complexity index is 832. The number of fused-ring (bicyclic) bond motifs is 2. The fraction of sp³-hybridized carbons (Fsp3) is 0.550. The van der Waals surface area contributed by atoms with Crippen LogP contribution in [0.1, 0.15) is 35.9 Å². The first-order valence-corrected chi connectivity index (χ1v) is 9.61. The molecular weight excluding hydrogens is 342 g/mol. The van der Waals surface area contributed by atoms with E-state index in [1.54, 1.807) is 7.11 Å². The first-order chi connectivity index (χ1) is 13.0. The largest absolute Gasteiger partial charge is 0.497 e. The van der Waals surface area contributed by atoms with Gasteiger partial charge in [-0.2, -0.15) is 0 Å². The number of likely N-dealkylation sites (tertiary alicyclic amines) is 1. The number of nitrogens with zero attached hydrogens (tertiary/aromatic N) is 4. The van der Waals surface area contributed by atoms with Crippen molar-refractivity contribution in [3.63, 3.8) is 0 Å². The summed E-state index contributed by atoms with van der Waals surface area (Å²) in [5.74, 6) is 3.26. The number of hydrogen-bond donors (Lipinski definition) is 1. The predicted octanol–water partition coefficient (Wildman–Crippen LogP) is 1.73. The van der Waals surface area contributed by atoms with E-state index in [0.29, 0.717) is 17.7 Å². The van der Waals surface area contributed by atoms with Crippen LogP contribution in [0.4, 0.5) is 0 Å². The SMILES string of the molecule is COc1cccc(CN2CC3Cc4nnc(C(=O)NC(C)C)n4CC3C2)c1. The second kappa shape index (κ2) is 7.31. The maximum Gasteiger partial charge on any atom is 0.289 e. The Kier molecular flexibility index (Phi) is 4.86. The van der Waals surface area contributed by atoms with Crippen LogP contribution in [0.15, 0.2) is 24.3 Å². The first kappa shape index (κ1) is 18.0. The highest BCUT2D eigenvalue weighted by molar-refractivity contribution is 5.90. The summed E-state index contributed by atoms with van der Waals surface area (Å²) in [7, 11) is 1.70. The minimum atomic E-state index is -0.131. The van der Waals surface area contributed by atoms with Crippen LogP contribution in [-0.4, -0.2) is 51.8 Å². The summed E-state index contributed by atoms with van der Waals surface area (Å²) in [5, 5.41) is 11.4. The van der Waals surface area contributed by atoms with Crippen LogP contribution in [0.3, 0.4) is 0 Å². The van der Waals surface area contributed by atoms with Gasteiger partial charge in [-0.25, -0.2) is 0 Å². The molecule has 2 aliphatic heterocycles. The molecule has 0 bridgehead atoms. The number of carbonyl (C=O) groups is 1. The molecule has 7 heteroatoms. The van der Waals surface area contributed by atoms with Crippen molar-refractivity contribution in [2.24, 2.45) is 11.8 Å². The van der Waals surface area contributed by atoms with Crippen LogP contribution in [-0.2, 0) is 19.5 Å². The topological polar surface area (TPSA) is 72.3 Å². The zero-order valence-corrected chi connectivity index (χ0v) is 16.2. The van der Waals surface area contributed by atoms with Crippen molar-refractivity contribution in [1.82, 2.24) is 25.0 Å². The molecule has 0 radical (unpaired) electrons. The fourth-order valence-corrected chi connectivity index (χ4v) is 4.27. The Hall–Kier alpha value is -2.41. The lowest BCUT2D eigenvalue weighted by Gasteiger charge is -2.25. The summed E-state index contributed by atoms with van der Waals surface area (Å²) in [5.41, 5.74) is 1.27. The Morgan fingerprint density at radius 3 is 2.85 bits per heavy atom. The van der Waals surface area contributed by atoms with Gasteiger partial charge in [-0.1, -0.05) is 12.1 Å². The Labute approximate surface area is 159 Å². The number of ether oxygens (including phenoxy) is 1. The van der Waals surface area contributed by atoms with Crippen molar-refractivity contribution < 1.29 is 9.53 Å². The molecule has 4 rings (SSSR count). The molecule has 1 aromatic heterocycles. The molecule has 7 nitrogen and oxygen atoms in total. The van der Waals surface area contributed by atoms with Gasteiger partial charge in [0.15, 0.2) is 0 Å². The van der Waals surface area contributed by atoms with Gasteiger partial charge in [0.1, 0.15) is 11.6 Å². The fourth-order valence-electron chi connectivity index (χ4n) is 4.27. The summed E-state index contributed by atoms with van der Waals surface area (Å²) in [6.45, 7) is 7.74. The van der Waals surface area contributed by atoms with Gasteiger partial charge >= 0.3 is 0 Å². The Morgan fingerprint density at radius 2 is 2.07 bits per heavy atom. The maximum atomic E-state index is 12.4. The average molecular weight is 369 g/mol. The molecule has 2 atom stereocenters. The van der Waals surface area contributed by atoms with Gasteiger partial charge in [0.05, 0.1) is 7.11 Å². The van der Waals surface area contributed by atoms with Gasteiger partial charge in [0.2, 0.25) is 5.82 Å². The minimum Gasteiger partial charge on any atom is -0.497 e. The van der Waals surface area contributed by atoms with Gasteiger partial charge in [-0.05, 0) is 43.4 Å². The standard InChI is InChI=1S/C20H27N5O2/c1-13(2)21-20(26)19-23-22-18-8-15-10-24(11-16(15)12-25(18)19)9-14-5-4-6-17(7-14)27-3/h4-7,13,15-16H,8-12H2,1-3H3,(H,21,26). The molecule has 2 aromatic rings. The van der Waals surface area contributed by atoms with E-state index in [4.69, 9.17) is 4.74 Å². The van der Waals surface area contributed by atoms with Crippen LogP contribution in [0.2, 0.25) is 0 Å². The molecule has 1 amide bonds. The lowest BCUT2D eigenvalue weighted by atomic mass is 9.89. The van der Waals surface area contributed by atoms with Crippen molar-refractivity contribution in [3.8, 4) is 5.75 Å². The summed E-state index contributed by atoms with van der Waals surface area (Å²) in [6, 6.07) is 8.35. The number of nitrogens with one attached hydrogen (secondary N) is 1. The zero-order chi connectivity index (χ0) is 19.0. The number of benzene rings is 1. The highest BCUT2D eigenvalue weighted by Gasteiger charge is 2.39. The van der Waals surface area contributed by atoms with Crippen molar-refractivity contribution in [2.45, 2.75) is 39.4 Å². The number of rotatable bonds is 5. The van der Waals surface area contributed by atoms with Crippen LogP contribution >= 0.6 is 0 Å². The molecule has 3 heterocycles. The van der Waals surface area contributed by atoms with Gasteiger partial charge in [0, 0.05) is 38.6 Å².